The highest BCUT2D eigenvalue weighted by Gasteiger charge is 2.28. The van der Waals surface area contributed by atoms with E-state index in [4.69, 9.17) is 9.47 Å². The molecule has 4 nitrogen and oxygen atoms in total. The minimum atomic E-state index is -0.283. The predicted molar refractivity (Wildman–Crippen MR) is 82.4 cm³/mol. The number of hydrogen-bond acceptors (Lipinski definition) is 4. The lowest BCUT2D eigenvalue weighted by Crippen LogP contribution is -2.20. The SMILES string of the molecule is CCCOc1ccc(C2CC(=O)Oc3cc(O)ccc32)cc1. The smallest absolute Gasteiger partial charge is 0.312 e. The molecule has 22 heavy (non-hydrogen) atoms. The molecule has 0 aromatic heterocycles. The zero-order valence-electron chi connectivity index (χ0n) is 12.4. The van der Waals surface area contributed by atoms with Crippen molar-refractivity contribution in [3.63, 3.8) is 0 Å². The summed E-state index contributed by atoms with van der Waals surface area (Å²) in [6.45, 7) is 2.76. The number of carbonyl (C=O) groups excluding carboxylic acids is 1. The van der Waals surface area contributed by atoms with Crippen molar-refractivity contribution in [2.75, 3.05) is 6.61 Å². The van der Waals surface area contributed by atoms with Crippen molar-refractivity contribution >= 4 is 5.97 Å². The first kappa shape index (κ1) is 14.4. The zero-order chi connectivity index (χ0) is 15.5. The third kappa shape index (κ3) is 2.91. The van der Waals surface area contributed by atoms with Gasteiger partial charge in [-0.15, -0.1) is 0 Å². The first-order valence-electron chi connectivity index (χ1n) is 7.43. The topological polar surface area (TPSA) is 55.8 Å². The first-order valence-corrected chi connectivity index (χ1v) is 7.43. The molecule has 1 heterocycles. The monoisotopic (exact) mass is 298 g/mol. The van der Waals surface area contributed by atoms with E-state index in [1.807, 2.05) is 30.3 Å². The molecule has 1 aliphatic rings. The van der Waals surface area contributed by atoms with Gasteiger partial charge in [0.05, 0.1) is 13.0 Å². The van der Waals surface area contributed by atoms with Crippen molar-refractivity contribution in [2.45, 2.75) is 25.7 Å². The van der Waals surface area contributed by atoms with E-state index < -0.39 is 0 Å². The van der Waals surface area contributed by atoms with Crippen LogP contribution in [0.1, 0.15) is 36.8 Å². The summed E-state index contributed by atoms with van der Waals surface area (Å²) >= 11 is 0. The number of benzene rings is 2. The van der Waals surface area contributed by atoms with Crippen LogP contribution in [0.2, 0.25) is 0 Å². The number of carbonyl (C=O) groups is 1. The maximum Gasteiger partial charge on any atom is 0.312 e. The highest BCUT2D eigenvalue weighted by molar-refractivity contribution is 5.78. The van der Waals surface area contributed by atoms with E-state index in [0.717, 1.165) is 23.3 Å². The Bertz CT molecular complexity index is 676. The summed E-state index contributed by atoms with van der Waals surface area (Å²) < 4.78 is 10.8. The second-order valence-electron chi connectivity index (χ2n) is 5.37. The summed E-state index contributed by atoms with van der Waals surface area (Å²) in [6.07, 6.45) is 1.26. The lowest BCUT2D eigenvalue weighted by Gasteiger charge is -2.25. The van der Waals surface area contributed by atoms with Crippen molar-refractivity contribution < 1.29 is 19.4 Å². The Kier molecular flexibility index (Phi) is 4.00. The molecule has 1 N–H and O–H groups in total. The Hall–Kier alpha value is -2.49. The number of fused-ring (bicyclic) bond motifs is 1. The van der Waals surface area contributed by atoms with Gasteiger partial charge in [0.15, 0.2) is 0 Å². The Balaban J connectivity index is 1.90. The molecule has 0 radical (unpaired) electrons. The number of ether oxygens (including phenoxy) is 2. The molecule has 1 atom stereocenters. The van der Waals surface area contributed by atoms with Crippen LogP contribution in [0, 0.1) is 0 Å². The van der Waals surface area contributed by atoms with E-state index in [-0.39, 0.29) is 17.6 Å². The van der Waals surface area contributed by atoms with Crippen molar-refractivity contribution in [2.24, 2.45) is 0 Å². The van der Waals surface area contributed by atoms with E-state index in [1.165, 1.54) is 6.07 Å². The molecule has 2 aromatic rings. The van der Waals surface area contributed by atoms with Gasteiger partial charge in [-0.25, -0.2) is 0 Å². The van der Waals surface area contributed by atoms with Crippen molar-refractivity contribution in [1.82, 2.24) is 0 Å². The second-order valence-corrected chi connectivity index (χ2v) is 5.37. The molecule has 0 amide bonds. The largest absolute Gasteiger partial charge is 0.508 e. The van der Waals surface area contributed by atoms with Crippen LogP contribution in [0.5, 0.6) is 17.2 Å². The minimum Gasteiger partial charge on any atom is -0.508 e. The van der Waals surface area contributed by atoms with Gasteiger partial charge in [-0.1, -0.05) is 25.1 Å². The summed E-state index contributed by atoms with van der Waals surface area (Å²) in [4.78, 5) is 11.8. The average molecular weight is 298 g/mol. The molecule has 3 rings (SSSR count). The molecule has 4 heteroatoms. The van der Waals surface area contributed by atoms with Crippen LogP contribution in [-0.4, -0.2) is 17.7 Å². The second kappa shape index (κ2) is 6.10. The van der Waals surface area contributed by atoms with E-state index in [2.05, 4.69) is 6.92 Å². The minimum absolute atomic E-state index is 0.0583. The summed E-state index contributed by atoms with van der Waals surface area (Å²) in [6, 6.07) is 12.7. The van der Waals surface area contributed by atoms with Crippen molar-refractivity contribution in [3.05, 3.63) is 53.6 Å². The molecule has 2 aromatic carbocycles. The van der Waals surface area contributed by atoms with Gasteiger partial charge in [-0.05, 0) is 30.2 Å². The van der Waals surface area contributed by atoms with Crippen LogP contribution in [0.4, 0.5) is 0 Å². The molecular formula is C18H18O4. The van der Waals surface area contributed by atoms with E-state index in [0.29, 0.717) is 18.8 Å². The lowest BCUT2D eigenvalue weighted by atomic mass is 9.86. The highest BCUT2D eigenvalue weighted by Crippen LogP contribution is 2.40. The van der Waals surface area contributed by atoms with Gasteiger partial charge in [0.25, 0.3) is 0 Å². The van der Waals surface area contributed by atoms with E-state index in [1.54, 1.807) is 6.07 Å². The fourth-order valence-electron chi connectivity index (χ4n) is 2.65. The number of phenols is 1. The van der Waals surface area contributed by atoms with Gasteiger partial charge in [-0.2, -0.15) is 0 Å². The summed E-state index contributed by atoms with van der Waals surface area (Å²) in [5, 5.41) is 9.54. The van der Waals surface area contributed by atoms with Crippen LogP contribution in [-0.2, 0) is 4.79 Å². The van der Waals surface area contributed by atoms with Gasteiger partial charge in [0.1, 0.15) is 17.2 Å². The molecule has 0 saturated carbocycles. The Morgan fingerprint density at radius 1 is 1.23 bits per heavy atom. The molecule has 1 aliphatic heterocycles. The Morgan fingerprint density at radius 2 is 2.00 bits per heavy atom. The van der Waals surface area contributed by atoms with Crippen LogP contribution >= 0.6 is 0 Å². The maximum absolute atomic E-state index is 11.8. The fraction of sp³-hybridized carbons (Fsp3) is 0.278. The van der Waals surface area contributed by atoms with Gasteiger partial charge >= 0.3 is 5.97 Å². The van der Waals surface area contributed by atoms with E-state index in [9.17, 15) is 9.90 Å². The molecule has 0 spiro atoms. The van der Waals surface area contributed by atoms with Gasteiger partial charge in [0, 0.05) is 17.5 Å². The van der Waals surface area contributed by atoms with Crippen LogP contribution < -0.4 is 9.47 Å². The quantitative estimate of drug-likeness (QED) is 0.692. The normalized spacial score (nSPS) is 16.8. The number of esters is 1. The molecular weight excluding hydrogens is 280 g/mol. The summed E-state index contributed by atoms with van der Waals surface area (Å²) in [7, 11) is 0. The van der Waals surface area contributed by atoms with Crippen molar-refractivity contribution in [3.8, 4) is 17.2 Å². The molecule has 0 saturated heterocycles. The summed E-state index contributed by atoms with van der Waals surface area (Å²) in [5.74, 6) is 1.02. The van der Waals surface area contributed by atoms with Gasteiger partial charge in [0.2, 0.25) is 0 Å². The number of aromatic hydroxyl groups is 1. The Morgan fingerprint density at radius 3 is 2.73 bits per heavy atom. The molecule has 1 unspecified atom stereocenters. The number of rotatable bonds is 4. The highest BCUT2D eigenvalue weighted by atomic mass is 16.5. The molecule has 0 aliphatic carbocycles. The van der Waals surface area contributed by atoms with Crippen LogP contribution in [0.25, 0.3) is 0 Å². The third-order valence-electron chi connectivity index (χ3n) is 3.72. The average Bonchev–Trinajstić information content (AvgIpc) is 2.52. The maximum atomic E-state index is 11.8. The number of hydrogen-bond donors (Lipinski definition) is 1. The third-order valence-corrected chi connectivity index (χ3v) is 3.72. The Labute approximate surface area is 129 Å². The standard InChI is InChI=1S/C18H18O4/c1-2-9-21-14-6-3-12(4-7-14)16-11-18(20)22-17-10-13(19)5-8-15(16)17/h3-8,10,16,19H,2,9,11H2,1H3. The van der Waals surface area contributed by atoms with Gasteiger partial charge in [-0.3, -0.25) is 4.79 Å². The number of phenolic OH excluding ortho intramolecular Hbond substituents is 1. The zero-order valence-corrected chi connectivity index (χ0v) is 12.4. The molecule has 0 fully saturated rings. The molecule has 114 valence electrons. The first-order chi connectivity index (χ1) is 10.7. The van der Waals surface area contributed by atoms with Crippen LogP contribution in [0.3, 0.4) is 0 Å². The lowest BCUT2D eigenvalue weighted by molar-refractivity contribution is -0.135. The van der Waals surface area contributed by atoms with Crippen molar-refractivity contribution in [1.29, 1.82) is 0 Å². The van der Waals surface area contributed by atoms with E-state index >= 15 is 0 Å². The van der Waals surface area contributed by atoms with Gasteiger partial charge < -0.3 is 14.6 Å². The molecule has 0 bridgehead atoms. The predicted octanol–water partition coefficient (Wildman–Crippen LogP) is 3.62. The van der Waals surface area contributed by atoms with Crippen LogP contribution in [0.15, 0.2) is 42.5 Å². The fourth-order valence-corrected chi connectivity index (χ4v) is 2.65. The summed E-state index contributed by atoms with van der Waals surface area (Å²) in [5.41, 5.74) is 1.95.